The van der Waals surface area contributed by atoms with Crippen LogP contribution in [0.5, 0.6) is 0 Å². The number of hydrogen-bond donors (Lipinski definition) is 1. The van der Waals surface area contributed by atoms with Crippen LogP contribution >= 0.6 is 0 Å². The van der Waals surface area contributed by atoms with Crippen molar-refractivity contribution in [2.24, 2.45) is 0 Å². The van der Waals surface area contributed by atoms with Gasteiger partial charge in [0.25, 0.3) is 0 Å². The molecule has 1 saturated heterocycles. The van der Waals surface area contributed by atoms with E-state index in [9.17, 15) is 8.42 Å². The molecule has 7 heteroatoms. The molecule has 1 aliphatic heterocycles. The molecule has 0 aromatic rings. The number of rotatable bonds is 3. The van der Waals surface area contributed by atoms with Crippen LogP contribution in [0.15, 0.2) is 0 Å². The van der Waals surface area contributed by atoms with E-state index in [-0.39, 0.29) is 4.65 Å². The van der Waals surface area contributed by atoms with Crippen molar-refractivity contribution in [2.75, 3.05) is 40.3 Å². The Balaban J connectivity index is 2.60. The van der Waals surface area contributed by atoms with E-state index < -0.39 is 10.4 Å². The fourth-order valence-corrected chi connectivity index (χ4v) is 1.84. The number of nitrogens with zero attached hydrogens (tertiary/aromatic N) is 1. The van der Waals surface area contributed by atoms with Gasteiger partial charge in [0.2, 0.25) is 0 Å². The van der Waals surface area contributed by atoms with Crippen LogP contribution in [0.3, 0.4) is 0 Å². The molecule has 0 aromatic carbocycles. The quantitative estimate of drug-likeness (QED) is 0.598. The minimum atomic E-state index is -3.83. The second kappa shape index (κ2) is 3.89. The molecule has 0 aromatic heterocycles. The zero-order valence-electron chi connectivity index (χ0n) is 7.82. The van der Waals surface area contributed by atoms with Gasteiger partial charge in [-0.15, -0.1) is 0 Å². The number of piperazine rings is 1. The Labute approximate surface area is 78.3 Å². The molecule has 0 aliphatic carbocycles. The second-order valence-electron chi connectivity index (χ2n) is 3.14. The minimum Gasteiger partial charge on any atom is -0.306 e. The van der Waals surface area contributed by atoms with E-state index in [2.05, 4.69) is 9.50 Å². The fourth-order valence-electron chi connectivity index (χ4n) is 1.19. The van der Waals surface area contributed by atoms with E-state index in [4.69, 9.17) is 4.28 Å². The molecule has 78 valence electrons. The lowest BCUT2D eigenvalue weighted by Gasteiger charge is -2.32. The Morgan fingerprint density at radius 2 is 1.85 bits per heavy atom. The Morgan fingerprint density at radius 3 is 2.31 bits per heavy atom. The Bertz CT molecular complexity index is 258. The lowest BCUT2D eigenvalue weighted by Crippen LogP contribution is -2.56. The summed E-state index contributed by atoms with van der Waals surface area (Å²) in [7, 11) is -1.03. The predicted octanol–water partition coefficient (Wildman–Crippen LogP) is -1.14. The van der Waals surface area contributed by atoms with E-state index >= 15 is 0 Å². The zero-order chi connectivity index (χ0) is 9.95. The third-order valence-corrected chi connectivity index (χ3v) is 2.95. The highest BCUT2D eigenvalue weighted by molar-refractivity contribution is 7.81. The van der Waals surface area contributed by atoms with Crippen molar-refractivity contribution in [2.45, 2.75) is 0 Å². The van der Waals surface area contributed by atoms with Crippen LogP contribution in [-0.2, 0) is 18.9 Å². The highest BCUT2D eigenvalue weighted by Gasteiger charge is 2.33. The normalized spacial score (nSPS) is 22.9. The second-order valence-corrected chi connectivity index (χ2v) is 4.44. The van der Waals surface area contributed by atoms with Gasteiger partial charge in [-0.2, -0.15) is 13.1 Å². The van der Waals surface area contributed by atoms with Crippen LogP contribution in [0.1, 0.15) is 0 Å². The standard InChI is InChI=1S/C6H15N2O4S/c1-8(5-3-7-4-6-8)12-13(9,10)11-2/h7H,3-6H2,1-2H3/q+1. The molecule has 0 atom stereocenters. The van der Waals surface area contributed by atoms with Crippen LogP contribution in [0.2, 0.25) is 0 Å². The maximum atomic E-state index is 11.0. The van der Waals surface area contributed by atoms with Crippen LogP contribution in [0, 0.1) is 0 Å². The van der Waals surface area contributed by atoms with Crippen molar-refractivity contribution in [3.05, 3.63) is 0 Å². The molecule has 6 nitrogen and oxygen atoms in total. The summed E-state index contributed by atoms with van der Waals surface area (Å²) in [5.74, 6) is 0. The Morgan fingerprint density at radius 1 is 1.31 bits per heavy atom. The van der Waals surface area contributed by atoms with Crippen LogP contribution < -0.4 is 5.32 Å². The summed E-state index contributed by atoms with van der Waals surface area (Å²) in [4.78, 5) is 0. The molecule has 1 heterocycles. The van der Waals surface area contributed by atoms with E-state index in [1.807, 2.05) is 0 Å². The Kier molecular flexibility index (Phi) is 3.25. The summed E-state index contributed by atoms with van der Waals surface area (Å²) in [6.45, 7) is 2.72. The molecule has 1 aliphatic rings. The van der Waals surface area contributed by atoms with Gasteiger partial charge in [0.05, 0.1) is 7.11 Å². The summed E-state index contributed by atoms with van der Waals surface area (Å²) in [5.41, 5.74) is 0. The lowest BCUT2D eigenvalue weighted by molar-refractivity contribution is -1.07. The first kappa shape index (κ1) is 10.9. The van der Waals surface area contributed by atoms with E-state index in [1.165, 1.54) is 0 Å². The number of nitrogens with one attached hydrogen (secondary N) is 1. The van der Waals surface area contributed by atoms with Gasteiger partial charge in [-0.05, 0) is 4.28 Å². The molecular formula is C6H15N2O4S+. The third kappa shape index (κ3) is 3.20. The molecule has 0 radical (unpaired) electrons. The van der Waals surface area contributed by atoms with Crippen molar-refractivity contribution in [3.8, 4) is 0 Å². The first-order chi connectivity index (χ1) is 5.97. The van der Waals surface area contributed by atoms with Gasteiger partial charge < -0.3 is 5.32 Å². The summed E-state index contributed by atoms with van der Waals surface area (Å²) >= 11 is 0. The minimum absolute atomic E-state index is 0.0448. The maximum absolute atomic E-state index is 11.0. The molecule has 1 fully saturated rings. The van der Waals surface area contributed by atoms with Crippen molar-refractivity contribution in [3.63, 3.8) is 0 Å². The number of quaternary nitrogens is 1. The van der Waals surface area contributed by atoms with Crippen molar-refractivity contribution >= 4 is 10.4 Å². The van der Waals surface area contributed by atoms with Gasteiger partial charge in [-0.3, -0.25) is 0 Å². The molecule has 0 spiro atoms. The van der Waals surface area contributed by atoms with Crippen molar-refractivity contribution in [1.82, 2.24) is 5.32 Å². The average molecular weight is 211 g/mol. The summed E-state index contributed by atoms with van der Waals surface area (Å²) in [6.07, 6.45) is 0. The molecule has 1 rings (SSSR count). The molecule has 0 unspecified atom stereocenters. The van der Waals surface area contributed by atoms with E-state index in [0.717, 1.165) is 20.2 Å². The van der Waals surface area contributed by atoms with Crippen LogP contribution in [-0.4, -0.2) is 53.4 Å². The van der Waals surface area contributed by atoms with Gasteiger partial charge in [0.1, 0.15) is 20.1 Å². The van der Waals surface area contributed by atoms with Crippen molar-refractivity contribution in [1.29, 1.82) is 0 Å². The summed E-state index contributed by atoms with van der Waals surface area (Å²) in [5, 5.41) is 3.11. The topological polar surface area (TPSA) is 64.6 Å². The first-order valence-corrected chi connectivity index (χ1v) is 5.38. The highest BCUT2D eigenvalue weighted by atomic mass is 32.3. The first-order valence-electron chi connectivity index (χ1n) is 4.04. The van der Waals surface area contributed by atoms with Gasteiger partial charge in [0, 0.05) is 13.1 Å². The number of likely N-dealkylation sites (N-methyl/N-ethyl adjacent to an activating group) is 1. The zero-order valence-corrected chi connectivity index (χ0v) is 8.63. The van der Waals surface area contributed by atoms with E-state index in [0.29, 0.717) is 13.1 Å². The average Bonchev–Trinajstić information content (AvgIpc) is 2.04. The molecular weight excluding hydrogens is 196 g/mol. The Hall–Kier alpha value is -0.210. The third-order valence-electron chi connectivity index (χ3n) is 2.00. The van der Waals surface area contributed by atoms with Gasteiger partial charge in [-0.25, -0.2) is 4.18 Å². The van der Waals surface area contributed by atoms with Crippen molar-refractivity contribution < 1.29 is 21.5 Å². The summed E-state index contributed by atoms with van der Waals surface area (Å²) < 4.78 is 31.1. The van der Waals surface area contributed by atoms with Gasteiger partial charge in [-0.1, -0.05) is 0 Å². The lowest BCUT2D eigenvalue weighted by atomic mass is 10.4. The van der Waals surface area contributed by atoms with Gasteiger partial charge >= 0.3 is 10.4 Å². The van der Waals surface area contributed by atoms with Gasteiger partial charge in [0.15, 0.2) is 0 Å². The number of hydrogen-bond acceptors (Lipinski definition) is 5. The van der Waals surface area contributed by atoms with Crippen LogP contribution in [0.25, 0.3) is 0 Å². The number of hydroxylamine groups is 3. The SMILES string of the molecule is COS(=O)(=O)O[N+]1(C)CCNCC1. The maximum Gasteiger partial charge on any atom is 0.444 e. The van der Waals surface area contributed by atoms with Crippen LogP contribution in [0.4, 0.5) is 0 Å². The highest BCUT2D eigenvalue weighted by Crippen LogP contribution is 2.10. The molecule has 1 N–H and O–H groups in total. The molecule has 0 amide bonds. The largest absolute Gasteiger partial charge is 0.444 e. The predicted molar refractivity (Wildman–Crippen MR) is 45.8 cm³/mol. The fraction of sp³-hybridized carbons (Fsp3) is 1.00. The van der Waals surface area contributed by atoms with E-state index in [1.54, 1.807) is 7.05 Å². The molecule has 13 heavy (non-hydrogen) atoms. The monoisotopic (exact) mass is 211 g/mol. The molecule has 0 bridgehead atoms. The summed E-state index contributed by atoms with van der Waals surface area (Å²) in [6, 6.07) is 0. The smallest absolute Gasteiger partial charge is 0.306 e. The molecule has 0 saturated carbocycles.